The van der Waals surface area contributed by atoms with Crippen LogP contribution in [0.25, 0.3) is 0 Å². The first-order valence-corrected chi connectivity index (χ1v) is 11.3. The molecule has 0 spiro atoms. The first kappa shape index (κ1) is 20.3. The number of pyridine rings is 1. The number of piperidine rings is 2. The minimum absolute atomic E-state index is 0.00449. The predicted octanol–water partition coefficient (Wildman–Crippen LogP) is 2.03. The molecular weight excluding hydrogens is 386 g/mol. The smallest absolute Gasteiger partial charge is 0.224 e. The van der Waals surface area contributed by atoms with E-state index in [0.29, 0.717) is 12.6 Å². The van der Waals surface area contributed by atoms with Crippen LogP contribution in [0, 0.1) is 5.92 Å². The molecule has 156 valence electrons. The molecule has 2 aliphatic heterocycles. The van der Waals surface area contributed by atoms with Crippen molar-refractivity contribution in [3.63, 3.8) is 0 Å². The van der Waals surface area contributed by atoms with Gasteiger partial charge in [0.1, 0.15) is 0 Å². The van der Waals surface area contributed by atoms with Gasteiger partial charge >= 0.3 is 0 Å². The van der Waals surface area contributed by atoms with E-state index in [2.05, 4.69) is 25.1 Å². The first-order chi connectivity index (χ1) is 14.2. The number of likely N-dealkylation sites (tertiary alicyclic amines) is 1. The maximum Gasteiger partial charge on any atom is 0.224 e. The number of aliphatic hydroxyl groups excluding tert-OH is 1. The number of amides is 1. The van der Waals surface area contributed by atoms with E-state index in [9.17, 15) is 9.90 Å². The normalized spacial score (nSPS) is 21.3. The second-order valence-electron chi connectivity index (χ2n) is 7.87. The van der Waals surface area contributed by atoms with Gasteiger partial charge in [-0.05, 0) is 44.4 Å². The van der Waals surface area contributed by atoms with Gasteiger partial charge in [0.15, 0.2) is 5.13 Å². The molecular formula is C21H29N5O2S. The van der Waals surface area contributed by atoms with Crippen molar-refractivity contribution in [1.29, 1.82) is 0 Å². The third-order valence-electron chi connectivity index (χ3n) is 5.95. The van der Waals surface area contributed by atoms with Gasteiger partial charge in [-0.1, -0.05) is 6.07 Å². The molecule has 8 heteroatoms. The van der Waals surface area contributed by atoms with E-state index < -0.39 is 0 Å². The summed E-state index contributed by atoms with van der Waals surface area (Å²) in [6.45, 7) is 4.40. The van der Waals surface area contributed by atoms with Gasteiger partial charge in [0, 0.05) is 37.3 Å². The Balaban J connectivity index is 1.26. The average Bonchev–Trinajstić information content (AvgIpc) is 3.28. The lowest BCUT2D eigenvalue weighted by Gasteiger charge is -2.42. The summed E-state index contributed by atoms with van der Waals surface area (Å²) in [6, 6.07) is 6.30. The van der Waals surface area contributed by atoms with Gasteiger partial charge in [-0.15, -0.1) is 11.3 Å². The second-order valence-corrected chi connectivity index (χ2v) is 8.71. The maximum atomic E-state index is 12.7. The van der Waals surface area contributed by atoms with Crippen molar-refractivity contribution in [2.24, 2.45) is 5.92 Å². The summed E-state index contributed by atoms with van der Waals surface area (Å²) in [7, 11) is 0. The van der Waals surface area contributed by atoms with E-state index in [1.54, 1.807) is 17.5 Å². The van der Waals surface area contributed by atoms with E-state index >= 15 is 0 Å². The van der Waals surface area contributed by atoms with Crippen LogP contribution in [0.5, 0.6) is 0 Å². The zero-order valence-corrected chi connectivity index (χ0v) is 17.5. The SMILES string of the molecule is O=C(NCc1ccccn1)[C@@H]1CCCN(C2CCN(c3nc(CO)cs3)CC2)C1. The van der Waals surface area contributed by atoms with E-state index in [0.717, 1.165) is 68.4 Å². The fourth-order valence-corrected chi connectivity index (χ4v) is 5.18. The lowest BCUT2D eigenvalue weighted by atomic mass is 9.93. The highest BCUT2D eigenvalue weighted by Gasteiger charge is 2.32. The van der Waals surface area contributed by atoms with Crippen LogP contribution in [-0.2, 0) is 17.9 Å². The molecule has 2 saturated heterocycles. The van der Waals surface area contributed by atoms with Crippen molar-refractivity contribution in [3.8, 4) is 0 Å². The third-order valence-corrected chi connectivity index (χ3v) is 6.90. The van der Waals surface area contributed by atoms with Gasteiger partial charge in [0.25, 0.3) is 0 Å². The summed E-state index contributed by atoms with van der Waals surface area (Å²) in [4.78, 5) is 26.3. The van der Waals surface area contributed by atoms with Crippen LogP contribution in [0.2, 0.25) is 0 Å². The van der Waals surface area contributed by atoms with Gasteiger partial charge in [-0.2, -0.15) is 0 Å². The molecule has 4 rings (SSSR count). The molecule has 2 aromatic heterocycles. The summed E-state index contributed by atoms with van der Waals surface area (Å²) in [6.07, 6.45) is 5.99. The molecule has 1 atom stereocenters. The quantitative estimate of drug-likeness (QED) is 0.751. The molecule has 0 saturated carbocycles. The molecule has 0 bridgehead atoms. The van der Waals surface area contributed by atoms with Gasteiger partial charge in [-0.25, -0.2) is 4.98 Å². The van der Waals surface area contributed by atoms with Crippen LogP contribution in [0.4, 0.5) is 5.13 Å². The molecule has 7 nitrogen and oxygen atoms in total. The van der Waals surface area contributed by atoms with Crippen LogP contribution < -0.4 is 10.2 Å². The molecule has 1 amide bonds. The number of aromatic nitrogens is 2. The minimum Gasteiger partial charge on any atom is -0.390 e. The van der Waals surface area contributed by atoms with Gasteiger partial charge < -0.3 is 15.3 Å². The van der Waals surface area contributed by atoms with E-state index in [4.69, 9.17) is 0 Å². The summed E-state index contributed by atoms with van der Waals surface area (Å²) in [5, 5.41) is 15.2. The number of carbonyl (C=O) groups is 1. The van der Waals surface area contributed by atoms with Crippen molar-refractivity contribution in [1.82, 2.24) is 20.2 Å². The zero-order valence-electron chi connectivity index (χ0n) is 16.7. The molecule has 2 fully saturated rings. The van der Waals surface area contributed by atoms with Crippen LogP contribution in [0.3, 0.4) is 0 Å². The zero-order chi connectivity index (χ0) is 20.1. The third kappa shape index (κ3) is 5.12. The number of hydrogen-bond acceptors (Lipinski definition) is 7. The number of thiazole rings is 1. The van der Waals surface area contributed by atoms with Crippen LogP contribution in [0.15, 0.2) is 29.8 Å². The molecule has 2 aliphatic rings. The highest BCUT2D eigenvalue weighted by atomic mass is 32.1. The number of carbonyl (C=O) groups excluding carboxylic acids is 1. The Hall–Kier alpha value is -2.03. The fraction of sp³-hybridized carbons (Fsp3) is 0.571. The van der Waals surface area contributed by atoms with E-state index in [1.807, 2.05) is 23.6 Å². The topological polar surface area (TPSA) is 81.6 Å². The monoisotopic (exact) mass is 415 g/mol. The lowest BCUT2D eigenvalue weighted by Crippen LogP contribution is -2.50. The molecule has 0 aromatic carbocycles. The van der Waals surface area contributed by atoms with E-state index in [1.165, 1.54) is 0 Å². The van der Waals surface area contributed by atoms with Crippen LogP contribution >= 0.6 is 11.3 Å². The first-order valence-electron chi connectivity index (χ1n) is 10.4. The molecule has 0 unspecified atom stereocenters. The largest absolute Gasteiger partial charge is 0.390 e. The summed E-state index contributed by atoms with van der Waals surface area (Å²) >= 11 is 1.61. The summed E-state index contributed by atoms with van der Waals surface area (Å²) in [5.74, 6) is 0.216. The Morgan fingerprint density at radius 2 is 2.07 bits per heavy atom. The molecule has 2 aromatic rings. The summed E-state index contributed by atoms with van der Waals surface area (Å²) < 4.78 is 0. The van der Waals surface area contributed by atoms with Gasteiger partial charge in [0.2, 0.25) is 5.91 Å². The second kappa shape index (κ2) is 9.65. The number of nitrogens with zero attached hydrogens (tertiary/aromatic N) is 4. The molecule has 4 heterocycles. The van der Waals surface area contributed by atoms with Crippen molar-refractivity contribution in [3.05, 3.63) is 41.2 Å². The van der Waals surface area contributed by atoms with Crippen LogP contribution in [-0.4, -0.2) is 58.1 Å². The van der Waals surface area contributed by atoms with Crippen molar-refractivity contribution in [2.75, 3.05) is 31.1 Å². The Kier molecular flexibility index (Phi) is 6.74. The molecule has 2 N–H and O–H groups in total. The predicted molar refractivity (Wildman–Crippen MR) is 114 cm³/mol. The van der Waals surface area contributed by atoms with Gasteiger partial charge in [0.05, 0.1) is 30.5 Å². The number of anilines is 1. The number of nitrogens with one attached hydrogen (secondary N) is 1. The number of rotatable bonds is 6. The molecule has 29 heavy (non-hydrogen) atoms. The summed E-state index contributed by atoms with van der Waals surface area (Å²) in [5.41, 5.74) is 1.65. The fourth-order valence-electron chi connectivity index (χ4n) is 4.31. The molecule has 0 radical (unpaired) electrons. The average molecular weight is 416 g/mol. The highest BCUT2D eigenvalue weighted by molar-refractivity contribution is 7.13. The van der Waals surface area contributed by atoms with Crippen molar-refractivity contribution < 1.29 is 9.90 Å². The number of aliphatic hydroxyl groups is 1. The maximum absolute atomic E-state index is 12.7. The van der Waals surface area contributed by atoms with Gasteiger partial charge in [-0.3, -0.25) is 14.7 Å². The standard InChI is InChI=1S/C21H29N5O2S/c27-14-18-15-29-21(24-18)25-10-6-19(7-11-25)26-9-3-4-16(13-26)20(28)23-12-17-5-1-2-8-22-17/h1-2,5,8,15-16,19,27H,3-4,6-7,9-14H2,(H,23,28)/t16-/m1/s1. The highest BCUT2D eigenvalue weighted by Crippen LogP contribution is 2.28. The Morgan fingerprint density at radius 1 is 1.21 bits per heavy atom. The Morgan fingerprint density at radius 3 is 2.79 bits per heavy atom. The minimum atomic E-state index is 0.00449. The van der Waals surface area contributed by atoms with Crippen molar-refractivity contribution in [2.45, 2.75) is 44.9 Å². The van der Waals surface area contributed by atoms with Crippen molar-refractivity contribution >= 4 is 22.4 Å². The number of hydrogen-bond donors (Lipinski definition) is 2. The Labute approximate surface area is 175 Å². The Bertz CT molecular complexity index is 791. The van der Waals surface area contributed by atoms with Crippen LogP contribution in [0.1, 0.15) is 37.1 Å². The molecule has 0 aliphatic carbocycles. The van der Waals surface area contributed by atoms with E-state index in [-0.39, 0.29) is 18.4 Å². The lowest BCUT2D eigenvalue weighted by molar-refractivity contribution is -0.127.